The van der Waals surface area contributed by atoms with Crippen LogP contribution < -0.4 is 4.74 Å². The second kappa shape index (κ2) is 6.58. The van der Waals surface area contributed by atoms with Crippen molar-refractivity contribution in [2.45, 2.75) is 59.8 Å². The fourth-order valence-corrected chi connectivity index (χ4v) is 2.07. The SMILES string of the molecule is CCC.Cc1cc2c(cc1C(C)C)CCC(=O)O2. The van der Waals surface area contributed by atoms with Crippen molar-refractivity contribution in [2.24, 2.45) is 0 Å². The van der Waals surface area contributed by atoms with Gasteiger partial charge in [-0.3, -0.25) is 4.79 Å². The first-order valence-electron chi connectivity index (χ1n) is 6.83. The number of fused-ring (bicyclic) bond motifs is 1. The summed E-state index contributed by atoms with van der Waals surface area (Å²) in [4.78, 5) is 11.1. The summed E-state index contributed by atoms with van der Waals surface area (Å²) in [6.07, 6.45) is 2.57. The van der Waals surface area contributed by atoms with E-state index in [0.717, 1.165) is 12.2 Å². The van der Waals surface area contributed by atoms with Crippen LogP contribution in [0.1, 0.15) is 63.1 Å². The lowest BCUT2D eigenvalue weighted by Gasteiger charge is -2.19. The van der Waals surface area contributed by atoms with Crippen LogP contribution in [0.5, 0.6) is 5.75 Å². The Morgan fingerprint density at radius 1 is 1.22 bits per heavy atom. The van der Waals surface area contributed by atoms with Gasteiger partial charge in [-0.25, -0.2) is 0 Å². The van der Waals surface area contributed by atoms with Gasteiger partial charge in [0.05, 0.1) is 6.42 Å². The quantitative estimate of drug-likeness (QED) is 0.544. The van der Waals surface area contributed by atoms with Crippen molar-refractivity contribution in [3.8, 4) is 5.75 Å². The monoisotopic (exact) mass is 248 g/mol. The normalized spacial score (nSPS) is 13.6. The van der Waals surface area contributed by atoms with Crippen molar-refractivity contribution in [1.82, 2.24) is 0 Å². The lowest BCUT2D eigenvalue weighted by Crippen LogP contribution is -2.16. The molecule has 1 heterocycles. The fourth-order valence-electron chi connectivity index (χ4n) is 2.07. The molecular formula is C16H24O2. The second-order valence-corrected chi connectivity index (χ2v) is 5.15. The summed E-state index contributed by atoms with van der Waals surface area (Å²) in [5, 5.41) is 0. The number of rotatable bonds is 1. The molecule has 2 heteroatoms. The van der Waals surface area contributed by atoms with Crippen molar-refractivity contribution >= 4 is 5.97 Å². The summed E-state index contributed by atoms with van der Waals surface area (Å²) < 4.78 is 5.21. The van der Waals surface area contributed by atoms with E-state index < -0.39 is 0 Å². The van der Waals surface area contributed by atoms with Gasteiger partial charge in [-0.05, 0) is 42.0 Å². The molecule has 0 aromatic heterocycles. The van der Waals surface area contributed by atoms with Crippen molar-refractivity contribution in [2.75, 3.05) is 0 Å². The van der Waals surface area contributed by atoms with Gasteiger partial charge >= 0.3 is 5.97 Å². The molecule has 1 aliphatic rings. The van der Waals surface area contributed by atoms with Gasteiger partial charge < -0.3 is 4.74 Å². The summed E-state index contributed by atoms with van der Waals surface area (Å²) in [6.45, 7) is 10.7. The number of esters is 1. The molecule has 0 unspecified atom stereocenters. The van der Waals surface area contributed by atoms with Crippen molar-refractivity contribution in [1.29, 1.82) is 0 Å². The molecule has 0 saturated heterocycles. The molecular weight excluding hydrogens is 224 g/mol. The molecule has 100 valence electrons. The average molecular weight is 248 g/mol. The molecule has 0 spiro atoms. The van der Waals surface area contributed by atoms with E-state index in [1.54, 1.807) is 0 Å². The Balaban J connectivity index is 0.000000492. The third kappa shape index (κ3) is 3.59. The molecule has 0 saturated carbocycles. The Morgan fingerprint density at radius 3 is 2.39 bits per heavy atom. The summed E-state index contributed by atoms with van der Waals surface area (Å²) in [5.74, 6) is 1.17. The first kappa shape index (κ1) is 14.7. The second-order valence-electron chi connectivity index (χ2n) is 5.15. The zero-order valence-electron chi connectivity index (χ0n) is 12.2. The van der Waals surface area contributed by atoms with Crippen LogP contribution >= 0.6 is 0 Å². The van der Waals surface area contributed by atoms with Crippen LogP contribution in [0.4, 0.5) is 0 Å². The Kier molecular flexibility index (Phi) is 5.39. The highest BCUT2D eigenvalue weighted by atomic mass is 16.5. The highest BCUT2D eigenvalue weighted by Gasteiger charge is 2.19. The van der Waals surface area contributed by atoms with Gasteiger partial charge in [0.25, 0.3) is 0 Å². The van der Waals surface area contributed by atoms with Crippen molar-refractivity contribution in [3.05, 3.63) is 28.8 Å². The minimum Gasteiger partial charge on any atom is -0.426 e. The van der Waals surface area contributed by atoms with E-state index in [1.165, 1.54) is 23.1 Å². The molecule has 0 amide bonds. The summed E-state index contributed by atoms with van der Waals surface area (Å²) in [7, 11) is 0. The van der Waals surface area contributed by atoms with Gasteiger partial charge in [0.15, 0.2) is 0 Å². The smallest absolute Gasteiger partial charge is 0.311 e. The molecule has 18 heavy (non-hydrogen) atoms. The van der Waals surface area contributed by atoms with Crippen LogP contribution in [0.2, 0.25) is 0 Å². The Bertz CT molecular complexity index is 419. The molecule has 2 nitrogen and oxygen atoms in total. The zero-order valence-corrected chi connectivity index (χ0v) is 12.2. The topological polar surface area (TPSA) is 26.3 Å². The molecule has 0 aliphatic carbocycles. The van der Waals surface area contributed by atoms with E-state index in [-0.39, 0.29) is 5.97 Å². The van der Waals surface area contributed by atoms with Gasteiger partial charge in [-0.2, -0.15) is 0 Å². The van der Waals surface area contributed by atoms with E-state index >= 15 is 0 Å². The molecule has 1 aliphatic heterocycles. The fraction of sp³-hybridized carbons (Fsp3) is 0.562. The number of hydrogen-bond donors (Lipinski definition) is 0. The largest absolute Gasteiger partial charge is 0.426 e. The summed E-state index contributed by atoms with van der Waals surface area (Å²) in [6, 6.07) is 4.17. The van der Waals surface area contributed by atoms with Crippen LogP contribution in [0.15, 0.2) is 12.1 Å². The molecule has 0 bridgehead atoms. The van der Waals surface area contributed by atoms with Crippen LogP contribution in [0.25, 0.3) is 0 Å². The lowest BCUT2D eigenvalue weighted by atomic mass is 9.93. The first-order valence-corrected chi connectivity index (χ1v) is 6.83. The van der Waals surface area contributed by atoms with Crippen LogP contribution in [0.3, 0.4) is 0 Å². The van der Waals surface area contributed by atoms with E-state index in [9.17, 15) is 4.79 Å². The van der Waals surface area contributed by atoms with Crippen LogP contribution in [-0.4, -0.2) is 5.97 Å². The molecule has 0 N–H and O–H groups in total. The molecule has 1 aromatic rings. The van der Waals surface area contributed by atoms with Gasteiger partial charge in [0.1, 0.15) is 5.75 Å². The van der Waals surface area contributed by atoms with Gasteiger partial charge in [0, 0.05) is 0 Å². The Labute approximate surface area is 110 Å². The van der Waals surface area contributed by atoms with Gasteiger partial charge in [-0.1, -0.05) is 40.2 Å². The number of carbonyl (C=O) groups is 1. The lowest BCUT2D eigenvalue weighted by molar-refractivity contribution is -0.135. The molecule has 2 rings (SSSR count). The molecule has 1 aromatic carbocycles. The van der Waals surface area contributed by atoms with E-state index in [4.69, 9.17) is 4.74 Å². The minimum atomic E-state index is -0.112. The molecule has 0 atom stereocenters. The van der Waals surface area contributed by atoms with Crippen molar-refractivity contribution < 1.29 is 9.53 Å². The van der Waals surface area contributed by atoms with E-state index in [2.05, 4.69) is 40.7 Å². The average Bonchev–Trinajstić information content (AvgIpc) is 2.28. The zero-order chi connectivity index (χ0) is 13.7. The first-order chi connectivity index (χ1) is 8.49. The van der Waals surface area contributed by atoms with Gasteiger partial charge in [0.2, 0.25) is 0 Å². The van der Waals surface area contributed by atoms with E-state index in [1.807, 2.05) is 6.07 Å². The Morgan fingerprint density at radius 2 is 1.83 bits per heavy atom. The molecule has 0 fully saturated rings. The van der Waals surface area contributed by atoms with E-state index in [0.29, 0.717) is 12.3 Å². The third-order valence-electron chi connectivity index (χ3n) is 2.89. The highest BCUT2D eigenvalue weighted by molar-refractivity contribution is 5.75. The predicted molar refractivity (Wildman–Crippen MR) is 75.2 cm³/mol. The number of benzene rings is 1. The van der Waals surface area contributed by atoms with Crippen LogP contribution in [-0.2, 0) is 11.2 Å². The van der Waals surface area contributed by atoms with Crippen molar-refractivity contribution in [3.63, 3.8) is 0 Å². The summed E-state index contributed by atoms with van der Waals surface area (Å²) >= 11 is 0. The maximum Gasteiger partial charge on any atom is 0.311 e. The maximum atomic E-state index is 11.1. The number of carbonyl (C=O) groups excluding carboxylic acids is 1. The van der Waals surface area contributed by atoms with Gasteiger partial charge in [-0.15, -0.1) is 0 Å². The summed E-state index contributed by atoms with van der Waals surface area (Å²) in [5.41, 5.74) is 3.73. The highest BCUT2D eigenvalue weighted by Crippen LogP contribution is 2.31. The molecule has 0 radical (unpaired) electrons. The maximum absolute atomic E-state index is 11.1. The number of hydrogen-bond acceptors (Lipinski definition) is 2. The number of aryl methyl sites for hydroxylation is 2. The predicted octanol–water partition coefficient (Wildman–Crippen LogP) is 4.39. The Hall–Kier alpha value is -1.31. The minimum absolute atomic E-state index is 0.112. The standard InChI is InChI=1S/C13H16O2.C3H8/c1-8(2)11-7-10-4-5-13(14)15-12(10)6-9(11)3;1-3-2/h6-8H,4-5H2,1-3H3;3H2,1-2H3. The third-order valence-corrected chi connectivity index (χ3v) is 2.89. The number of ether oxygens (including phenoxy) is 1. The van der Waals surface area contributed by atoms with Crippen LogP contribution in [0, 0.1) is 6.92 Å².